The minimum Gasteiger partial charge on any atom is -0.508 e. The van der Waals surface area contributed by atoms with Crippen LogP contribution in [0.4, 0.5) is 0 Å². The molecule has 1 amide bonds. The molecule has 0 aromatic heterocycles. The zero-order valence-electron chi connectivity index (χ0n) is 18.1. The number of Topliss-reactive ketones (excluding diaryl/α,β-unsaturated/α-hetero) is 2. The largest absolute Gasteiger partial charge is 0.508 e. The van der Waals surface area contributed by atoms with Crippen molar-refractivity contribution in [3.8, 4) is 5.75 Å². The smallest absolute Gasteiger partial charge is 0.255 e. The number of rotatable bonds is 2. The lowest BCUT2D eigenvalue weighted by Gasteiger charge is -2.53. The number of hydrogen-bond donors (Lipinski definition) is 6. The first kappa shape index (κ1) is 24.7. The second-order valence-corrected chi connectivity index (χ2v) is 8.96. The van der Waals surface area contributed by atoms with E-state index in [9.17, 15) is 39.9 Å². The number of halogens is 1. The van der Waals surface area contributed by atoms with Gasteiger partial charge in [0.15, 0.2) is 11.4 Å². The molecule has 0 unspecified atom stereocenters. The van der Waals surface area contributed by atoms with Crippen molar-refractivity contribution in [3.05, 3.63) is 46.2 Å². The van der Waals surface area contributed by atoms with Crippen LogP contribution in [0.25, 0.3) is 5.76 Å². The number of likely N-dealkylation sites (N-methyl/N-ethyl adjacent to an activating group) is 1. The monoisotopic (exact) mass is 480 g/mol. The van der Waals surface area contributed by atoms with E-state index >= 15 is 0 Å². The summed E-state index contributed by atoms with van der Waals surface area (Å²) in [6.45, 7) is 1.40. The molecule has 3 aliphatic rings. The molecule has 5 atom stereocenters. The van der Waals surface area contributed by atoms with E-state index in [1.54, 1.807) is 0 Å². The molecular weight excluding hydrogens is 456 g/mol. The molecule has 3 aliphatic carbocycles. The Bertz CT molecular complexity index is 1160. The molecule has 1 aromatic rings. The van der Waals surface area contributed by atoms with Gasteiger partial charge in [-0.1, -0.05) is 12.1 Å². The summed E-state index contributed by atoms with van der Waals surface area (Å²) in [5.74, 6) is -7.90. The summed E-state index contributed by atoms with van der Waals surface area (Å²) in [7, 11) is 3.01. The molecule has 4 rings (SSSR count). The maximum absolute atomic E-state index is 13.7. The van der Waals surface area contributed by atoms with Crippen LogP contribution in [0, 0.1) is 11.8 Å². The van der Waals surface area contributed by atoms with E-state index in [1.165, 1.54) is 44.1 Å². The van der Waals surface area contributed by atoms with Crippen LogP contribution >= 0.6 is 12.4 Å². The molecule has 0 aliphatic heterocycles. The number of fused-ring (bicyclic) bond motifs is 3. The highest BCUT2D eigenvalue weighted by Gasteiger charge is 2.66. The fraction of sp³-hybridized carbons (Fsp3) is 0.409. The Hall–Kier alpha value is -2.92. The first-order valence-electron chi connectivity index (χ1n) is 9.97. The third-order valence-corrected chi connectivity index (χ3v) is 7.02. The minimum atomic E-state index is -2.75. The fourth-order valence-corrected chi connectivity index (χ4v) is 5.50. The van der Waals surface area contributed by atoms with Crippen molar-refractivity contribution in [2.75, 3.05) is 14.1 Å². The number of amides is 1. The normalized spacial score (nSPS) is 33.3. The van der Waals surface area contributed by atoms with E-state index in [-0.39, 0.29) is 30.0 Å². The summed E-state index contributed by atoms with van der Waals surface area (Å²) >= 11 is 0. The van der Waals surface area contributed by atoms with Gasteiger partial charge >= 0.3 is 0 Å². The standard InChI is InChI=1S/C22H24N2O8.ClH/c1-21(31)8-5-4-6-11(25)12(8)16(26)13-9(21)7-10-15(24(2)3)17(27)14(20(23)30)19(29)22(10,32)18(13)28;/h4-6,9-10,15,25-26,29,31-32H,7H2,1-3H3,(H2,23,30);1H/t9-,10-,15+,21+,22-;/m1./s1. The van der Waals surface area contributed by atoms with Crippen LogP contribution in [0.1, 0.15) is 24.5 Å². The van der Waals surface area contributed by atoms with Crippen molar-refractivity contribution in [2.24, 2.45) is 17.6 Å². The van der Waals surface area contributed by atoms with Crippen LogP contribution in [0.2, 0.25) is 0 Å². The van der Waals surface area contributed by atoms with Gasteiger partial charge in [-0.2, -0.15) is 0 Å². The lowest BCUT2D eigenvalue weighted by Crippen LogP contribution is -2.67. The van der Waals surface area contributed by atoms with Crippen molar-refractivity contribution in [1.82, 2.24) is 4.90 Å². The summed E-state index contributed by atoms with van der Waals surface area (Å²) in [4.78, 5) is 40.0. The van der Waals surface area contributed by atoms with Crippen LogP contribution in [0.3, 0.4) is 0 Å². The van der Waals surface area contributed by atoms with E-state index in [4.69, 9.17) is 5.73 Å². The number of benzene rings is 1. The van der Waals surface area contributed by atoms with Gasteiger partial charge < -0.3 is 31.3 Å². The van der Waals surface area contributed by atoms with Gasteiger partial charge in [-0.15, -0.1) is 12.4 Å². The number of phenolic OH excluding ortho intramolecular Hbond substituents is 1. The van der Waals surface area contributed by atoms with Crippen LogP contribution in [0.5, 0.6) is 5.75 Å². The van der Waals surface area contributed by atoms with Gasteiger partial charge in [-0.3, -0.25) is 19.3 Å². The molecule has 1 aromatic carbocycles. The molecule has 0 bridgehead atoms. The lowest BCUT2D eigenvalue weighted by molar-refractivity contribution is -0.159. The molecule has 0 radical (unpaired) electrons. The highest BCUT2D eigenvalue weighted by atomic mass is 35.5. The maximum Gasteiger partial charge on any atom is 0.255 e. The Morgan fingerprint density at radius 3 is 2.30 bits per heavy atom. The third kappa shape index (κ3) is 2.95. The third-order valence-electron chi connectivity index (χ3n) is 7.02. The average Bonchev–Trinajstić information content (AvgIpc) is 2.68. The SMILES string of the molecule is CN(C)[C@@H]1C(=O)C(C(N)=O)=C(O)[C@]2(O)C(=O)C3=C(O)c4c(O)cccc4[C@](C)(O)[C@@H]3C[C@H]12.Cl. The van der Waals surface area contributed by atoms with Crippen molar-refractivity contribution >= 4 is 35.6 Å². The molecule has 1 saturated carbocycles. The predicted molar refractivity (Wildman–Crippen MR) is 117 cm³/mol. The van der Waals surface area contributed by atoms with Crippen molar-refractivity contribution < 1.29 is 39.9 Å². The highest BCUT2D eigenvalue weighted by Crippen LogP contribution is 2.57. The number of aliphatic hydroxyl groups is 4. The number of ketones is 2. The van der Waals surface area contributed by atoms with Gasteiger partial charge in [0.25, 0.3) is 5.91 Å². The Morgan fingerprint density at radius 1 is 1.15 bits per heavy atom. The summed E-state index contributed by atoms with van der Waals surface area (Å²) < 4.78 is 0. The van der Waals surface area contributed by atoms with E-state index in [1.807, 2.05) is 0 Å². The number of hydrogen-bond acceptors (Lipinski definition) is 9. The molecule has 0 saturated heterocycles. The number of carbonyl (C=O) groups is 3. The lowest BCUT2D eigenvalue weighted by atomic mass is 9.54. The van der Waals surface area contributed by atoms with Crippen LogP contribution in [-0.2, 0) is 20.0 Å². The first-order chi connectivity index (χ1) is 14.8. The quantitative estimate of drug-likeness (QED) is 0.318. The highest BCUT2D eigenvalue weighted by molar-refractivity contribution is 6.24. The summed E-state index contributed by atoms with van der Waals surface area (Å²) in [5.41, 5.74) is -0.548. The number of nitrogens with two attached hydrogens (primary N) is 1. The molecular formula is C22H25ClN2O8. The molecule has 7 N–H and O–H groups in total. The molecule has 178 valence electrons. The Labute approximate surface area is 195 Å². The van der Waals surface area contributed by atoms with E-state index in [0.717, 1.165) is 0 Å². The van der Waals surface area contributed by atoms with Gasteiger partial charge in [-0.05, 0) is 39.1 Å². The van der Waals surface area contributed by atoms with Crippen LogP contribution in [0.15, 0.2) is 35.1 Å². The molecule has 0 heterocycles. The molecule has 0 spiro atoms. The van der Waals surface area contributed by atoms with Crippen molar-refractivity contribution in [3.63, 3.8) is 0 Å². The zero-order valence-corrected chi connectivity index (χ0v) is 18.9. The second-order valence-electron chi connectivity index (χ2n) is 8.96. The summed E-state index contributed by atoms with van der Waals surface area (Å²) in [6, 6.07) is 3.02. The topological polar surface area (TPSA) is 182 Å². The van der Waals surface area contributed by atoms with Crippen molar-refractivity contribution in [1.29, 1.82) is 0 Å². The van der Waals surface area contributed by atoms with Gasteiger partial charge in [0, 0.05) is 17.4 Å². The minimum absolute atomic E-state index is 0. The summed E-state index contributed by atoms with van der Waals surface area (Å²) in [6.07, 6.45) is -0.200. The van der Waals surface area contributed by atoms with Gasteiger partial charge in [0.05, 0.1) is 17.2 Å². The molecule has 10 nitrogen and oxygen atoms in total. The van der Waals surface area contributed by atoms with Crippen LogP contribution < -0.4 is 5.73 Å². The van der Waals surface area contributed by atoms with Gasteiger partial charge in [0.2, 0.25) is 5.78 Å². The Balaban J connectivity index is 0.00000306. The number of phenols is 1. The molecule has 11 heteroatoms. The molecule has 1 fully saturated rings. The second kappa shape index (κ2) is 7.56. The fourth-order valence-electron chi connectivity index (χ4n) is 5.50. The number of aromatic hydroxyl groups is 1. The maximum atomic E-state index is 13.7. The van der Waals surface area contributed by atoms with E-state index < -0.39 is 75.0 Å². The van der Waals surface area contributed by atoms with Gasteiger partial charge in [0.1, 0.15) is 22.8 Å². The number of primary amides is 1. The molecule has 33 heavy (non-hydrogen) atoms. The Kier molecular flexibility index (Phi) is 5.66. The number of nitrogens with zero attached hydrogens (tertiary/aromatic N) is 1. The average molecular weight is 481 g/mol. The van der Waals surface area contributed by atoms with Gasteiger partial charge in [-0.25, -0.2) is 0 Å². The number of carbonyl (C=O) groups excluding carboxylic acids is 3. The van der Waals surface area contributed by atoms with Crippen LogP contribution in [-0.4, -0.2) is 73.6 Å². The van der Waals surface area contributed by atoms with Crippen molar-refractivity contribution in [2.45, 2.75) is 30.6 Å². The predicted octanol–water partition coefficient (Wildman–Crippen LogP) is 0.0508. The Morgan fingerprint density at radius 2 is 1.76 bits per heavy atom. The number of aliphatic hydroxyl groups excluding tert-OH is 2. The first-order valence-corrected chi connectivity index (χ1v) is 9.97. The summed E-state index contributed by atoms with van der Waals surface area (Å²) in [5, 5.41) is 54.9. The van der Waals surface area contributed by atoms with E-state index in [0.29, 0.717) is 0 Å². The zero-order chi connectivity index (χ0) is 23.9. The van der Waals surface area contributed by atoms with E-state index in [2.05, 4.69) is 0 Å².